The molecule has 94 valence electrons. The number of amides is 1. The van der Waals surface area contributed by atoms with E-state index in [0.717, 1.165) is 11.2 Å². The molecule has 7 heteroatoms. The second-order valence-electron chi connectivity index (χ2n) is 4.13. The first-order valence-corrected chi connectivity index (χ1v) is 6.85. The van der Waals surface area contributed by atoms with Crippen LogP contribution in [0.25, 0.3) is 0 Å². The van der Waals surface area contributed by atoms with E-state index in [1.807, 2.05) is 13.8 Å². The van der Waals surface area contributed by atoms with E-state index in [-0.39, 0.29) is 12.5 Å². The van der Waals surface area contributed by atoms with Gasteiger partial charge in [-0.2, -0.15) is 0 Å². The number of carbonyl (C=O) groups excluding carboxylic acids is 1. The van der Waals surface area contributed by atoms with Gasteiger partial charge in [0.1, 0.15) is 12.3 Å². The van der Waals surface area contributed by atoms with Gasteiger partial charge >= 0.3 is 5.97 Å². The Bertz CT molecular complexity index is 360. The van der Waals surface area contributed by atoms with Crippen LogP contribution in [-0.2, 0) is 19.4 Å². The second kappa shape index (κ2) is 5.83. The van der Waals surface area contributed by atoms with Crippen LogP contribution in [0.2, 0.25) is 0 Å². The predicted molar refractivity (Wildman–Crippen MR) is 58.8 cm³/mol. The van der Waals surface area contributed by atoms with Crippen molar-refractivity contribution < 1.29 is 23.1 Å². The molecule has 0 spiro atoms. The van der Waals surface area contributed by atoms with Gasteiger partial charge < -0.3 is 10.0 Å². The molecule has 0 atom stereocenters. The first kappa shape index (κ1) is 14.9. The third kappa shape index (κ3) is 7.22. The lowest BCUT2D eigenvalue weighted by Gasteiger charge is -2.22. The second-order valence-corrected chi connectivity index (χ2v) is 6.27. The summed E-state index contributed by atoms with van der Waals surface area (Å²) in [6.07, 6.45) is 0.944. The van der Waals surface area contributed by atoms with Crippen LogP contribution in [0.15, 0.2) is 0 Å². The first-order valence-electron chi connectivity index (χ1n) is 4.79. The lowest BCUT2D eigenvalue weighted by Crippen LogP contribution is -2.41. The van der Waals surface area contributed by atoms with Crippen LogP contribution in [0.4, 0.5) is 0 Å². The zero-order valence-electron chi connectivity index (χ0n) is 9.63. The zero-order valence-corrected chi connectivity index (χ0v) is 10.5. The van der Waals surface area contributed by atoms with Crippen LogP contribution in [0.3, 0.4) is 0 Å². The molecule has 0 fully saturated rings. The van der Waals surface area contributed by atoms with E-state index in [1.165, 1.54) is 0 Å². The highest BCUT2D eigenvalue weighted by Crippen LogP contribution is 2.01. The van der Waals surface area contributed by atoms with Crippen molar-refractivity contribution in [3.8, 4) is 0 Å². The van der Waals surface area contributed by atoms with Crippen molar-refractivity contribution in [3.63, 3.8) is 0 Å². The number of carboxylic acid groups (broad SMARTS) is 1. The Hall–Kier alpha value is -1.11. The number of sulfone groups is 1. The average Bonchev–Trinajstić information content (AvgIpc) is 1.97. The number of hydrogen-bond acceptors (Lipinski definition) is 4. The Labute approximate surface area is 95.2 Å². The number of carbonyl (C=O) groups is 2. The van der Waals surface area contributed by atoms with Gasteiger partial charge in [-0.1, -0.05) is 13.8 Å². The van der Waals surface area contributed by atoms with E-state index in [4.69, 9.17) is 5.11 Å². The standard InChI is InChI=1S/C9H17NO5S/c1-7(2)4-10(5-9(12)13)8(11)6-16(3,14)15/h7H,4-6H2,1-3H3,(H,12,13). The summed E-state index contributed by atoms with van der Waals surface area (Å²) in [5, 5.41) is 8.60. The van der Waals surface area contributed by atoms with Crippen LogP contribution in [-0.4, -0.2) is 55.4 Å². The summed E-state index contributed by atoms with van der Waals surface area (Å²) in [4.78, 5) is 23.1. The van der Waals surface area contributed by atoms with Gasteiger partial charge in [-0.25, -0.2) is 8.42 Å². The molecule has 0 rings (SSSR count). The van der Waals surface area contributed by atoms with Crippen LogP contribution in [0, 0.1) is 5.92 Å². The molecule has 0 aromatic carbocycles. The maximum absolute atomic E-state index is 11.5. The van der Waals surface area contributed by atoms with Crippen molar-refractivity contribution in [2.24, 2.45) is 5.92 Å². The maximum atomic E-state index is 11.5. The predicted octanol–water partition coefficient (Wildman–Crippen LogP) is -0.400. The molecule has 0 aliphatic rings. The minimum absolute atomic E-state index is 0.0860. The van der Waals surface area contributed by atoms with E-state index in [2.05, 4.69) is 0 Å². The van der Waals surface area contributed by atoms with Gasteiger partial charge in [-0.3, -0.25) is 9.59 Å². The summed E-state index contributed by atoms with van der Waals surface area (Å²) in [5.41, 5.74) is 0. The van der Waals surface area contributed by atoms with Crippen molar-refractivity contribution in [3.05, 3.63) is 0 Å². The topological polar surface area (TPSA) is 91.8 Å². The van der Waals surface area contributed by atoms with E-state index in [9.17, 15) is 18.0 Å². The Morgan fingerprint density at radius 3 is 2.12 bits per heavy atom. The van der Waals surface area contributed by atoms with Crippen molar-refractivity contribution in [1.82, 2.24) is 4.90 Å². The smallest absolute Gasteiger partial charge is 0.323 e. The third-order valence-corrected chi connectivity index (χ3v) is 2.42. The molecular formula is C9H17NO5S. The lowest BCUT2D eigenvalue weighted by molar-refractivity contribution is -0.143. The molecule has 0 saturated heterocycles. The molecule has 16 heavy (non-hydrogen) atoms. The number of aliphatic carboxylic acids is 1. The minimum Gasteiger partial charge on any atom is -0.480 e. The van der Waals surface area contributed by atoms with Gasteiger partial charge in [0.2, 0.25) is 5.91 Å². The van der Waals surface area contributed by atoms with Gasteiger partial charge in [-0.05, 0) is 5.92 Å². The molecule has 0 aliphatic carbocycles. The van der Waals surface area contributed by atoms with Crippen molar-refractivity contribution in [1.29, 1.82) is 0 Å². The summed E-state index contributed by atoms with van der Waals surface area (Å²) in [6, 6.07) is 0. The average molecular weight is 251 g/mol. The lowest BCUT2D eigenvalue weighted by atomic mass is 10.2. The molecule has 6 nitrogen and oxygen atoms in total. The quantitative estimate of drug-likeness (QED) is 0.693. The highest BCUT2D eigenvalue weighted by atomic mass is 32.2. The van der Waals surface area contributed by atoms with Crippen LogP contribution in [0.5, 0.6) is 0 Å². The first-order chi connectivity index (χ1) is 7.11. The van der Waals surface area contributed by atoms with Gasteiger partial charge in [0.25, 0.3) is 0 Å². The van der Waals surface area contributed by atoms with E-state index in [0.29, 0.717) is 0 Å². The number of nitrogens with zero attached hydrogens (tertiary/aromatic N) is 1. The molecule has 1 amide bonds. The van der Waals surface area contributed by atoms with Gasteiger partial charge in [0.15, 0.2) is 9.84 Å². The summed E-state index contributed by atoms with van der Waals surface area (Å²) in [5.74, 6) is -2.38. The summed E-state index contributed by atoms with van der Waals surface area (Å²) < 4.78 is 21.8. The van der Waals surface area contributed by atoms with E-state index >= 15 is 0 Å². The monoisotopic (exact) mass is 251 g/mol. The summed E-state index contributed by atoms with van der Waals surface area (Å²) >= 11 is 0. The molecule has 0 heterocycles. The van der Waals surface area contributed by atoms with Crippen molar-refractivity contribution in [2.45, 2.75) is 13.8 Å². The summed E-state index contributed by atoms with van der Waals surface area (Å²) in [6.45, 7) is 3.42. The van der Waals surface area contributed by atoms with Gasteiger partial charge in [0, 0.05) is 12.8 Å². The zero-order chi connectivity index (χ0) is 12.9. The Kier molecular flexibility index (Phi) is 5.43. The SMILES string of the molecule is CC(C)CN(CC(=O)O)C(=O)CS(C)(=O)=O. The molecule has 1 N–H and O–H groups in total. The van der Waals surface area contributed by atoms with Crippen LogP contribution in [0.1, 0.15) is 13.8 Å². The molecule has 0 radical (unpaired) electrons. The molecule has 0 bridgehead atoms. The largest absolute Gasteiger partial charge is 0.480 e. The highest BCUT2D eigenvalue weighted by Gasteiger charge is 2.21. The highest BCUT2D eigenvalue weighted by molar-refractivity contribution is 7.91. The van der Waals surface area contributed by atoms with Gasteiger partial charge in [-0.15, -0.1) is 0 Å². The normalized spacial score (nSPS) is 11.5. The fraction of sp³-hybridized carbons (Fsp3) is 0.778. The van der Waals surface area contributed by atoms with E-state index < -0.39 is 34.0 Å². The third-order valence-electron chi connectivity index (χ3n) is 1.65. The molecular weight excluding hydrogens is 234 g/mol. The minimum atomic E-state index is -3.42. The van der Waals surface area contributed by atoms with Crippen molar-refractivity contribution in [2.75, 3.05) is 25.1 Å². The Morgan fingerprint density at radius 2 is 1.81 bits per heavy atom. The number of rotatable bonds is 6. The van der Waals surface area contributed by atoms with Crippen molar-refractivity contribution >= 4 is 21.7 Å². The molecule has 0 aromatic rings. The van der Waals surface area contributed by atoms with Crippen LogP contribution < -0.4 is 0 Å². The fourth-order valence-electron chi connectivity index (χ4n) is 1.17. The van der Waals surface area contributed by atoms with Gasteiger partial charge in [0.05, 0.1) is 0 Å². The number of hydrogen-bond donors (Lipinski definition) is 1. The maximum Gasteiger partial charge on any atom is 0.323 e. The Balaban J connectivity index is 4.62. The fourth-order valence-corrected chi connectivity index (χ4v) is 1.81. The molecule has 0 aromatic heterocycles. The molecule has 0 unspecified atom stereocenters. The van der Waals surface area contributed by atoms with E-state index in [1.54, 1.807) is 0 Å². The Morgan fingerprint density at radius 1 is 1.31 bits per heavy atom. The number of carboxylic acids is 1. The molecule has 0 aliphatic heterocycles. The summed E-state index contributed by atoms with van der Waals surface area (Å²) in [7, 11) is -3.42. The molecule has 0 saturated carbocycles. The van der Waals surface area contributed by atoms with Crippen LogP contribution >= 0.6 is 0 Å².